The number of methoxy groups -OCH3 is 1. The van der Waals surface area contributed by atoms with Crippen molar-refractivity contribution < 1.29 is 18.7 Å². The predicted octanol–water partition coefficient (Wildman–Crippen LogP) is 3.48. The third-order valence-corrected chi connectivity index (χ3v) is 4.94. The minimum atomic E-state index is -0.348. The Morgan fingerprint density at radius 3 is 2.83 bits per heavy atom. The second-order valence-corrected chi connectivity index (χ2v) is 7.48. The lowest BCUT2D eigenvalue weighted by atomic mass is 9.93. The highest BCUT2D eigenvalue weighted by Gasteiger charge is 2.28. The van der Waals surface area contributed by atoms with Gasteiger partial charge in [0.05, 0.1) is 12.3 Å². The molecule has 2 amide bonds. The molecule has 0 bridgehead atoms. The maximum atomic E-state index is 12.6. The average Bonchev–Trinajstić information content (AvgIpc) is 3.03. The molecular weight excluding hydrogens is 394 g/mol. The molecule has 0 saturated carbocycles. The van der Waals surface area contributed by atoms with E-state index in [-0.39, 0.29) is 23.6 Å². The number of hydrazone groups is 1. The molecule has 1 aromatic heterocycles. The van der Waals surface area contributed by atoms with Crippen LogP contribution in [0.5, 0.6) is 0 Å². The zero-order chi connectivity index (χ0) is 21.0. The van der Waals surface area contributed by atoms with Crippen molar-refractivity contribution in [2.24, 2.45) is 5.10 Å². The highest BCUT2D eigenvalue weighted by Crippen LogP contribution is 2.30. The molecule has 0 aliphatic heterocycles. The van der Waals surface area contributed by atoms with Gasteiger partial charge in [0.15, 0.2) is 5.76 Å². The summed E-state index contributed by atoms with van der Waals surface area (Å²) < 4.78 is 10.9. The molecule has 2 N–H and O–H groups in total. The molecule has 154 valence electrons. The number of aryl methyl sites for hydroxylation is 1. The van der Waals surface area contributed by atoms with Gasteiger partial charge >= 0.3 is 0 Å². The molecule has 1 aliphatic carbocycles. The van der Waals surface area contributed by atoms with Crippen molar-refractivity contribution in [1.82, 2.24) is 10.7 Å². The molecule has 1 aromatic carbocycles. The van der Waals surface area contributed by atoms with Gasteiger partial charge in [0, 0.05) is 41.3 Å². The fourth-order valence-electron chi connectivity index (χ4n) is 3.39. The number of nitrogens with one attached hydrogen (secondary N) is 2. The van der Waals surface area contributed by atoms with Crippen molar-refractivity contribution in [2.45, 2.75) is 39.2 Å². The van der Waals surface area contributed by atoms with Gasteiger partial charge in [0.25, 0.3) is 11.8 Å². The summed E-state index contributed by atoms with van der Waals surface area (Å²) in [6.45, 7) is 4.10. The van der Waals surface area contributed by atoms with E-state index in [0.717, 1.165) is 24.0 Å². The monoisotopic (exact) mass is 417 g/mol. The molecule has 8 heteroatoms. The number of furan rings is 1. The SMILES string of the molecule is COCC(C)NC(=O)c1oc2c(c1C)/C(=N/NC(=O)c1cccc(Cl)c1)CCC2. The van der Waals surface area contributed by atoms with E-state index in [0.29, 0.717) is 35.1 Å². The van der Waals surface area contributed by atoms with Gasteiger partial charge in [-0.25, -0.2) is 5.43 Å². The number of carbonyl (C=O) groups excluding carboxylic acids is 2. The number of hydrogen-bond donors (Lipinski definition) is 2. The fraction of sp³-hybridized carbons (Fsp3) is 0.381. The molecule has 3 rings (SSSR count). The second-order valence-electron chi connectivity index (χ2n) is 7.05. The number of ether oxygens (including phenoxy) is 1. The van der Waals surface area contributed by atoms with Crippen molar-refractivity contribution in [1.29, 1.82) is 0 Å². The molecule has 2 aromatic rings. The van der Waals surface area contributed by atoms with E-state index >= 15 is 0 Å². The van der Waals surface area contributed by atoms with E-state index in [4.69, 9.17) is 20.8 Å². The van der Waals surface area contributed by atoms with Crippen LogP contribution in [0, 0.1) is 6.92 Å². The molecule has 29 heavy (non-hydrogen) atoms. The lowest BCUT2D eigenvalue weighted by molar-refractivity contribution is 0.0874. The van der Waals surface area contributed by atoms with Gasteiger partial charge in [0.2, 0.25) is 0 Å². The first-order valence-electron chi connectivity index (χ1n) is 9.45. The lowest BCUT2D eigenvalue weighted by Crippen LogP contribution is -2.35. The first kappa shape index (κ1) is 21.1. The smallest absolute Gasteiger partial charge is 0.287 e. The van der Waals surface area contributed by atoms with Gasteiger partial charge in [-0.05, 0) is 44.9 Å². The largest absolute Gasteiger partial charge is 0.455 e. The van der Waals surface area contributed by atoms with Gasteiger partial charge in [0.1, 0.15) is 5.76 Å². The fourth-order valence-corrected chi connectivity index (χ4v) is 3.58. The summed E-state index contributed by atoms with van der Waals surface area (Å²) in [6.07, 6.45) is 2.23. The van der Waals surface area contributed by atoms with E-state index in [1.54, 1.807) is 31.4 Å². The van der Waals surface area contributed by atoms with Crippen LogP contribution in [0.25, 0.3) is 0 Å². The molecule has 1 atom stereocenters. The topological polar surface area (TPSA) is 92.9 Å². The second kappa shape index (κ2) is 9.24. The van der Waals surface area contributed by atoms with Crippen LogP contribution in [0.15, 0.2) is 33.8 Å². The van der Waals surface area contributed by atoms with Crippen molar-refractivity contribution in [3.05, 3.63) is 57.5 Å². The highest BCUT2D eigenvalue weighted by atomic mass is 35.5. The Labute approximate surface area is 174 Å². The summed E-state index contributed by atoms with van der Waals surface area (Å²) in [5, 5.41) is 7.66. The van der Waals surface area contributed by atoms with Crippen LogP contribution in [-0.2, 0) is 11.2 Å². The first-order valence-corrected chi connectivity index (χ1v) is 9.83. The normalized spacial score (nSPS) is 15.7. The number of benzene rings is 1. The van der Waals surface area contributed by atoms with Crippen molar-refractivity contribution in [3.63, 3.8) is 0 Å². The van der Waals surface area contributed by atoms with Crippen molar-refractivity contribution >= 4 is 29.1 Å². The van der Waals surface area contributed by atoms with Crippen LogP contribution >= 0.6 is 11.6 Å². The van der Waals surface area contributed by atoms with E-state index in [9.17, 15) is 9.59 Å². The number of amides is 2. The first-order chi connectivity index (χ1) is 13.9. The van der Waals surface area contributed by atoms with Crippen LogP contribution in [0.4, 0.5) is 0 Å². The molecule has 0 radical (unpaired) electrons. The maximum absolute atomic E-state index is 12.6. The van der Waals surface area contributed by atoms with Crippen LogP contribution in [0.1, 0.15) is 57.6 Å². The third-order valence-electron chi connectivity index (χ3n) is 4.71. The van der Waals surface area contributed by atoms with E-state index in [1.165, 1.54) is 0 Å². The number of hydrogen-bond acceptors (Lipinski definition) is 5. The van der Waals surface area contributed by atoms with E-state index in [1.807, 2.05) is 13.8 Å². The van der Waals surface area contributed by atoms with E-state index < -0.39 is 0 Å². The predicted molar refractivity (Wildman–Crippen MR) is 111 cm³/mol. The van der Waals surface area contributed by atoms with Gasteiger partial charge in [-0.3, -0.25) is 9.59 Å². The summed E-state index contributed by atoms with van der Waals surface area (Å²) in [6, 6.07) is 6.51. The van der Waals surface area contributed by atoms with Crippen molar-refractivity contribution in [3.8, 4) is 0 Å². The van der Waals surface area contributed by atoms with Crippen LogP contribution in [-0.4, -0.2) is 37.3 Å². The molecule has 1 aliphatic rings. The molecule has 1 heterocycles. The number of halogens is 1. The Hall–Kier alpha value is -2.64. The number of nitrogens with zero attached hydrogens (tertiary/aromatic N) is 1. The minimum absolute atomic E-state index is 0.140. The van der Waals surface area contributed by atoms with Gasteiger partial charge in [-0.15, -0.1) is 0 Å². The standard InChI is InChI=1S/C21H24ClN3O4/c1-12(11-28-3)23-21(27)19-13(2)18-16(8-5-9-17(18)29-19)24-25-20(26)14-6-4-7-15(22)10-14/h4,6-7,10,12H,5,8-9,11H2,1-3H3,(H,23,27)(H,25,26)/b24-16+. The Kier molecular flexibility index (Phi) is 6.71. The molecular formula is C21H24ClN3O4. The quantitative estimate of drug-likeness (QED) is 0.704. The molecule has 0 saturated heterocycles. The number of fused-ring (bicyclic) bond motifs is 1. The Bertz CT molecular complexity index is 951. The Morgan fingerprint density at radius 2 is 2.10 bits per heavy atom. The van der Waals surface area contributed by atoms with Crippen LogP contribution < -0.4 is 10.7 Å². The van der Waals surface area contributed by atoms with Crippen LogP contribution in [0.2, 0.25) is 5.02 Å². The third kappa shape index (κ3) is 4.86. The zero-order valence-electron chi connectivity index (χ0n) is 16.7. The van der Waals surface area contributed by atoms with Gasteiger partial charge in [-0.1, -0.05) is 17.7 Å². The maximum Gasteiger partial charge on any atom is 0.287 e. The summed E-state index contributed by atoms with van der Waals surface area (Å²) in [5.74, 6) is 0.353. The number of rotatable bonds is 6. The molecule has 7 nitrogen and oxygen atoms in total. The summed E-state index contributed by atoms with van der Waals surface area (Å²) in [7, 11) is 1.58. The minimum Gasteiger partial charge on any atom is -0.455 e. The summed E-state index contributed by atoms with van der Waals surface area (Å²) >= 11 is 5.94. The molecule has 0 fully saturated rings. The zero-order valence-corrected chi connectivity index (χ0v) is 17.4. The van der Waals surface area contributed by atoms with Crippen LogP contribution in [0.3, 0.4) is 0 Å². The number of carbonyl (C=O) groups is 2. The molecule has 0 spiro atoms. The molecule has 1 unspecified atom stereocenters. The summed E-state index contributed by atoms with van der Waals surface area (Å²) in [4.78, 5) is 24.9. The summed E-state index contributed by atoms with van der Waals surface area (Å²) in [5.41, 5.74) is 5.23. The Balaban J connectivity index is 1.81. The van der Waals surface area contributed by atoms with E-state index in [2.05, 4.69) is 15.8 Å². The average molecular weight is 418 g/mol. The van der Waals surface area contributed by atoms with Gasteiger partial charge < -0.3 is 14.5 Å². The van der Waals surface area contributed by atoms with Gasteiger partial charge in [-0.2, -0.15) is 5.10 Å². The lowest BCUT2D eigenvalue weighted by Gasteiger charge is -2.13. The highest BCUT2D eigenvalue weighted by molar-refractivity contribution is 6.31. The Morgan fingerprint density at radius 1 is 1.31 bits per heavy atom. The van der Waals surface area contributed by atoms with Crippen molar-refractivity contribution in [2.75, 3.05) is 13.7 Å².